The van der Waals surface area contributed by atoms with Gasteiger partial charge in [-0.3, -0.25) is 0 Å². The van der Waals surface area contributed by atoms with Crippen molar-refractivity contribution >= 4 is 27.6 Å². The Bertz CT molecular complexity index is 448. The molecule has 0 radical (unpaired) electrons. The molecule has 112 valence electrons. The quantitative estimate of drug-likeness (QED) is 0.735. The summed E-state index contributed by atoms with van der Waals surface area (Å²) in [6.07, 6.45) is 1.71. The van der Waals surface area contributed by atoms with Crippen LogP contribution in [0.3, 0.4) is 0 Å². The number of hydrogen-bond acceptors (Lipinski definition) is 3. The minimum atomic E-state index is -0.704. The maximum atomic E-state index is 12.3. The van der Waals surface area contributed by atoms with Crippen LogP contribution in [0.15, 0.2) is 28.7 Å². The van der Waals surface area contributed by atoms with Crippen molar-refractivity contribution in [2.24, 2.45) is 5.92 Å². The van der Waals surface area contributed by atoms with E-state index in [-0.39, 0.29) is 5.97 Å². The van der Waals surface area contributed by atoms with Crippen molar-refractivity contribution in [1.82, 2.24) is 0 Å². The summed E-state index contributed by atoms with van der Waals surface area (Å²) in [6, 6.07) is 7.81. The predicted molar refractivity (Wildman–Crippen MR) is 86.9 cm³/mol. The molecule has 0 bridgehead atoms. The summed E-state index contributed by atoms with van der Waals surface area (Å²) in [5, 5.41) is 3.34. The Labute approximate surface area is 130 Å². The maximum Gasteiger partial charge on any atom is 0.331 e. The molecular weight excluding hydrogens is 318 g/mol. The highest BCUT2D eigenvalue weighted by Gasteiger charge is 2.34. The van der Waals surface area contributed by atoms with Gasteiger partial charge < -0.3 is 10.1 Å². The summed E-state index contributed by atoms with van der Waals surface area (Å²) in [5.41, 5.74) is 0.205. The minimum Gasteiger partial charge on any atom is -0.464 e. The largest absolute Gasteiger partial charge is 0.464 e. The summed E-state index contributed by atoms with van der Waals surface area (Å²) in [6.45, 7) is 8.45. The number of esters is 1. The van der Waals surface area contributed by atoms with Gasteiger partial charge >= 0.3 is 5.97 Å². The number of para-hydroxylation sites is 1. The fraction of sp³-hybridized carbons (Fsp3) is 0.562. The van der Waals surface area contributed by atoms with E-state index in [1.807, 2.05) is 38.1 Å². The highest BCUT2D eigenvalue weighted by atomic mass is 79.9. The number of carbonyl (C=O) groups excluding carboxylic acids is 1. The van der Waals surface area contributed by atoms with E-state index in [0.29, 0.717) is 12.5 Å². The molecule has 0 aliphatic rings. The third-order valence-corrected chi connectivity index (χ3v) is 3.92. The Hall–Kier alpha value is -1.03. The lowest BCUT2D eigenvalue weighted by molar-refractivity contribution is -0.148. The number of carbonyl (C=O) groups is 1. The molecule has 4 heteroatoms. The minimum absolute atomic E-state index is 0.198. The lowest BCUT2D eigenvalue weighted by Gasteiger charge is -2.30. The van der Waals surface area contributed by atoms with Crippen LogP contribution in [0, 0.1) is 5.92 Å². The van der Waals surface area contributed by atoms with Gasteiger partial charge in [0.15, 0.2) is 0 Å². The van der Waals surface area contributed by atoms with E-state index in [9.17, 15) is 4.79 Å². The van der Waals surface area contributed by atoms with Crippen molar-refractivity contribution in [1.29, 1.82) is 0 Å². The van der Waals surface area contributed by atoms with Gasteiger partial charge in [-0.15, -0.1) is 0 Å². The van der Waals surface area contributed by atoms with E-state index in [1.165, 1.54) is 0 Å². The lowest BCUT2D eigenvalue weighted by Crippen LogP contribution is -2.45. The highest BCUT2D eigenvalue weighted by molar-refractivity contribution is 9.10. The molecule has 1 atom stereocenters. The number of nitrogens with one attached hydrogen (secondary N) is 1. The molecule has 1 unspecified atom stereocenters. The average molecular weight is 342 g/mol. The van der Waals surface area contributed by atoms with Crippen LogP contribution in [-0.4, -0.2) is 18.1 Å². The molecule has 20 heavy (non-hydrogen) atoms. The van der Waals surface area contributed by atoms with Crippen molar-refractivity contribution in [3.8, 4) is 0 Å². The van der Waals surface area contributed by atoms with Gasteiger partial charge in [0.05, 0.1) is 6.61 Å². The van der Waals surface area contributed by atoms with Gasteiger partial charge in [-0.2, -0.15) is 0 Å². The molecule has 1 aromatic carbocycles. The van der Waals surface area contributed by atoms with E-state index < -0.39 is 5.54 Å². The number of rotatable bonds is 7. The zero-order chi connectivity index (χ0) is 15.2. The fourth-order valence-corrected chi connectivity index (χ4v) is 2.33. The normalized spacial score (nSPS) is 13.9. The number of hydrogen-bond donors (Lipinski definition) is 1. The molecule has 0 amide bonds. The molecule has 0 heterocycles. The third-order valence-electron chi connectivity index (χ3n) is 3.23. The molecule has 0 aliphatic carbocycles. The first-order chi connectivity index (χ1) is 9.39. The Morgan fingerprint density at radius 3 is 2.60 bits per heavy atom. The topological polar surface area (TPSA) is 38.3 Å². The van der Waals surface area contributed by atoms with Crippen LogP contribution >= 0.6 is 15.9 Å². The first kappa shape index (κ1) is 17.0. The van der Waals surface area contributed by atoms with Gasteiger partial charge in [0, 0.05) is 10.2 Å². The molecule has 0 saturated heterocycles. The SMILES string of the molecule is CCOC(=O)C(C)(CCC(C)C)Nc1ccccc1Br. The second-order valence-electron chi connectivity index (χ2n) is 5.59. The summed E-state index contributed by atoms with van der Waals surface area (Å²) in [5.74, 6) is 0.348. The lowest BCUT2D eigenvalue weighted by atomic mass is 9.91. The van der Waals surface area contributed by atoms with Crippen LogP contribution in [0.4, 0.5) is 5.69 Å². The second kappa shape index (κ2) is 7.67. The van der Waals surface area contributed by atoms with E-state index in [4.69, 9.17) is 4.74 Å². The summed E-state index contributed by atoms with van der Waals surface area (Å²) in [7, 11) is 0. The van der Waals surface area contributed by atoms with Gasteiger partial charge in [-0.05, 0) is 60.7 Å². The summed E-state index contributed by atoms with van der Waals surface area (Å²) < 4.78 is 6.18. The van der Waals surface area contributed by atoms with Crippen molar-refractivity contribution in [2.75, 3.05) is 11.9 Å². The zero-order valence-electron chi connectivity index (χ0n) is 12.7. The van der Waals surface area contributed by atoms with E-state index in [2.05, 4.69) is 35.1 Å². The van der Waals surface area contributed by atoms with Gasteiger partial charge in [-0.25, -0.2) is 4.79 Å². The maximum absolute atomic E-state index is 12.3. The zero-order valence-corrected chi connectivity index (χ0v) is 14.3. The van der Waals surface area contributed by atoms with Crippen LogP contribution in [0.5, 0.6) is 0 Å². The number of ether oxygens (including phenoxy) is 1. The van der Waals surface area contributed by atoms with Gasteiger partial charge in [0.2, 0.25) is 0 Å². The Balaban J connectivity index is 2.92. The Kier molecular flexibility index (Phi) is 6.53. The monoisotopic (exact) mass is 341 g/mol. The summed E-state index contributed by atoms with van der Waals surface area (Å²) in [4.78, 5) is 12.3. The second-order valence-corrected chi connectivity index (χ2v) is 6.44. The van der Waals surface area contributed by atoms with Crippen molar-refractivity contribution < 1.29 is 9.53 Å². The Morgan fingerprint density at radius 2 is 2.05 bits per heavy atom. The van der Waals surface area contributed by atoms with Crippen LogP contribution in [0.1, 0.15) is 40.5 Å². The third kappa shape index (κ3) is 4.82. The molecule has 1 N–H and O–H groups in total. The van der Waals surface area contributed by atoms with Gasteiger partial charge in [-0.1, -0.05) is 26.0 Å². The molecule has 0 fully saturated rings. The molecule has 0 aromatic heterocycles. The van der Waals surface area contributed by atoms with Crippen molar-refractivity contribution in [3.05, 3.63) is 28.7 Å². The van der Waals surface area contributed by atoms with E-state index >= 15 is 0 Å². The molecule has 0 spiro atoms. The molecule has 3 nitrogen and oxygen atoms in total. The van der Waals surface area contributed by atoms with Gasteiger partial charge in [0.1, 0.15) is 5.54 Å². The van der Waals surface area contributed by atoms with Crippen LogP contribution in [0.2, 0.25) is 0 Å². The molecule has 0 aliphatic heterocycles. The highest BCUT2D eigenvalue weighted by Crippen LogP contribution is 2.28. The fourth-order valence-electron chi connectivity index (χ4n) is 1.94. The van der Waals surface area contributed by atoms with E-state index in [0.717, 1.165) is 23.0 Å². The Morgan fingerprint density at radius 1 is 1.40 bits per heavy atom. The van der Waals surface area contributed by atoms with Crippen LogP contribution in [0.25, 0.3) is 0 Å². The number of benzene rings is 1. The van der Waals surface area contributed by atoms with Crippen molar-refractivity contribution in [3.63, 3.8) is 0 Å². The van der Waals surface area contributed by atoms with Crippen molar-refractivity contribution in [2.45, 2.75) is 46.1 Å². The average Bonchev–Trinajstić information content (AvgIpc) is 2.39. The molecular formula is C16H24BrNO2. The van der Waals surface area contributed by atoms with E-state index in [1.54, 1.807) is 0 Å². The predicted octanol–water partition coefficient (Wildman–Crippen LogP) is 4.62. The number of anilines is 1. The number of halogens is 1. The smallest absolute Gasteiger partial charge is 0.331 e. The summed E-state index contributed by atoms with van der Waals surface area (Å²) >= 11 is 3.50. The molecule has 0 saturated carbocycles. The van der Waals surface area contributed by atoms with Crippen LogP contribution < -0.4 is 5.32 Å². The molecule has 1 rings (SSSR count). The van der Waals surface area contributed by atoms with Crippen LogP contribution in [-0.2, 0) is 9.53 Å². The first-order valence-electron chi connectivity index (χ1n) is 7.09. The first-order valence-corrected chi connectivity index (χ1v) is 7.88. The van der Waals surface area contributed by atoms with Gasteiger partial charge in [0.25, 0.3) is 0 Å². The molecule has 1 aromatic rings. The standard InChI is InChI=1S/C16H24BrNO2/c1-5-20-15(19)16(4,11-10-12(2)3)18-14-9-7-6-8-13(14)17/h6-9,12,18H,5,10-11H2,1-4H3.